The summed E-state index contributed by atoms with van der Waals surface area (Å²) in [5.74, 6) is 0. The number of H-pyrrole nitrogens is 1. The molecule has 0 radical (unpaired) electrons. The molecule has 0 aliphatic heterocycles. The molecule has 1 aromatic heterocycles. The quantitative estimate of drug-likeness (QED) is 0.517. The first-order chi connectivity index (χ1) is 4.72. The van der Waals surface area contributed by atoms with E-state index in [0.717, 1.165) is 0 Å². The third kappa shape index (κ3) is 1.41. The van der Waals surface area contributed by atoms with Crippen LogP contribution in [0.2, 0.25) is 0 Å². The first-order valence-corrected chi connectivity index (χ1v) is 3.65. The summed E-state index contributed by atoms with van der Waals surface area (Å²) in [6, 6.07) is 0. The van der Waals surface area contributed by atoms with Crippen molar-refractivity contribution in [1.29, 1.82) is 0 Å². The van der Waals surface area contributed by atoms with Gasteiger partial charge in [0.05, 0.1) is 18.2 Å². The highest BCUT2D eigenvalue weighted by Gasteiger charge is 2.13. The molecule has 2 unspecified atom stereocenters. The molecule has 0 fully saturated rings. The smallest absolute Gasteiger partial charge is 0.196 e. The van der Waals surface area contributed by atoms with Gasteiger partial charge >= 0.3 is 0 Å². The maximum Gasteiger partial charge on any atom is 0.196 e. The molecule has 0 saturated heterocycles. The lowest BCUT2D eigenvalue weighted by Gasteiger charge is -1.99. The van der Waals surface area contributed by atoms with Gasteiger partial charge in [0.1, 0.15) is 0 Å². The van der Waals surface area contributed by atoms with Crippen LogP contribution in [0.4, 0.5) is 0 Å². The van der Waals surface area contributed by atoms with Crippen molar-refractivity contribution in [3.8, 4) is 0 Å². The van der Waals surface area contributed by atoms with Gasteiger partial charge in [0.2, 0.25) is 0 Å². The van der Waals surface area contributed by atoms with Crippen molar-refractivity contribution in [2.24, 2.45) is 0 Å². The summed E-state index contributed by atoms with van der Waals surface area (Å²) in [6.45, 7) is 0. The lowest BCUT2D eigenvalue weighted by molar-refractivity contribution is 0.247. The van der Waals surface area contributed by atoms with E-state index in [4.69, 9.17) is 9.66 Å². The standard InChI is InChI=1S/C4H6N2O3S/c7-4(10(8)9)3-1-5-2-6-3/h1-2,4,7H,(H,5,6)(H,8,9). The first-order valence-electron chi connectivity index (χ1n) is 2.48. The highest BCUT2D eigenvalue weighted by molar-refractivity contribution is 7.79. The molecule has 10 heavy (non-hydrogen) atoms. The van der Waals surface area contributed by atoms with Gasteiger partial charge in [0, 0.05) is 0 Å². The maximum absolute atomic E-state index is 10.2. The first kappa shape index (κ1) is 7.39. The summed E-state index contributed by atoms with van der Waals surface area (Å²) in [4.78, 5) is 6.07. The normalized spacial score (nSPS) is 16.6. The summed E-state index contributed by atoms with van der Waals surface area (Å²) in [7, 11) is 0. The second-order valence-corrected chi connectivity index (χ2v) is 2.63. The molecule has 0 aliphatic rings. The SMILES string of the molecule is O=S(O)C(O)c1cnc[nH]1. The summed E-state index contributed by atoms with van der Waals surface area (Å²) in [5, 5.41) is 8.87. The van der Waals surface area contributed by atoms with Crippen molar-refractivity contribution in [2.45, 2.75) is 5.44 Å². The van der Waals surface area contributed by atoms with Gasteiger partial charge in [-0.2, -0.15) is 0 Å². The van der Waals surface area contributed by atoms with E-state index in [2.05, 4.69) is 9.97 Å². The molecule has 0 aromatic carbocycles. The van der Waals surface area contributed by atoms with E-state index in [9.17, 15) is 4.21 Å². The zero-order valence-electron chi connectivity index (χ0n) is 4.89. The Kier molecular flexibility index (Phi) is 2.15. The molecular weight excluding hydrogens is 156 g/mol. The van der Waals surface area contributed by atoms with Gasteiger partial charge in [-0.15, -0.1) is 0 Å². The van der Waals surface area contributed by atoms with Gasteiger partial charge in [0.25, 0.3) is 0 Å². The van der Waals surface area contributed by atoms with Gasteiger partial charge in [0.15, 0.2) is 16.5 Å². The average Bonchev–Trinajstić information content (AvgIpc) is 2.36. The molecular formula is C4H6N2O3S. The molecule has 0 aliphatic carbocycles. The Hall–Kier alpha value is -0.720. The Morgan fingerprint density at radius 3 is 2.90 bits per heavy atom. The van der Waals surface area contributed by atoms with E-state index < -0.39 is 16.5 Å². The number of aromatic amines is 1. The minimum Gasteiger partial charge on any atom is -0.372 e. The lowest BCUT2D eigenvalue weighted by atomic mass is 10.5. The summed E-state index contributed by atoms with van der Waals surface area (Å²) >= 11 is -2.26. The number of hydrogen-bond donors (Lipinski definition) is 3. The van der Waals surface area contributed by atoms with Crippen molar-refractivity contribution >= 4 is 11.1 Å². The van der Waals surface area contributed by atoms with Crippen LogP contribution in [-0.4, -0.2) is 23.8 Å². The third-order valence-corrected chi connectivity index (χ3v) is 1.61. The highest BCUT2D eigenvalue weighted by Crippen LogP contribution is 2.10. The van der Waals surface area contributed by atoms with Gasteiger partial charge in [-0.3, -0.25) is 0 Å². The Bertz CT molecular complexity index is 222. The maximum atomic E-state index is 10.2. The van der Waals surface area contributed by atoms with Gasteiger partial charge < -0.3 is 14.6 Å². The molecule has 3 N–H and O–H groups in total. The molecule has 1 rings (SSSR count). The molecule has 0 bridgehead atoms. The van der Waals surface area contributed by atoms with Crippen LogP contribution < -0.4 is 0 Å². The molecule has 0 saturated carbocycles. The van der Waals surface area contributed by atoms with Crippen LogP contribution in [0.5, 0.6) is 0 Å². The van der Waals surface area contributed by atoms with Crippen molar-refractivity contribution in [3.05, 3.63) is 18.2 Å². The van der Waals surface area contributed by atoms with Crippen molar-refractivity contribution in [3.63, 3.8) is 0 Å². The average molecular weight is 162 g/mol. The highest BCUT2D eigenvalue weighted by atomic mass is 32.2. The van der Waals surface area contributed by atoms with Crippen molar-refractivity contribution in [2.75, 3.05) is 0 Å². The molecule has 6 heteroatoms. The number of hydrogen-bond acceptors (Lipinski definition) is 3. The number of aliphatic hydroxyl groups excluding tert-OH is 1. The molecule has 1 aromatic rings. The Morgan fingerprint density at radius 2 is 2.50 bits per heavy atom. The number of rotatable bonds is 2. The summed E-state index contributed by atoms with van der Waals surface area (Å²) < 4.78 is 18.6. The molecule has 5 nitrogen and oxygen atoms in total. The summed E-state index contributed by atoms with van der Waals surface area (Å²) in [5.41, 5.74) is -1.15. The van der Waals surface area contributed by atoms with Gasteiger partial charge in [-0.05, 0) is 0 Å². The predicted molar refractivity (Wildman–Crippen MR) is 34.3 cm³/mol. The predicted octanol–water partition coefficient (Wildman–Crippen LogP) is -0.378. The van der Waals surface area contributed by atoms with Crippen molar-refractivity contribution < 1.29 is 13.9 Å². The van der Waals surface area contributed by atoms with E-state index in [1.165, 1.54) is 12.5 Å². The molecule has 0 spiro atoms. The number of nitrogens with zero attached hydrogens (tertiary/aromatic N) is 1. The fourth-order valence-electron chi connectivity index (χ4n) is 0.510. The van der Waals surface area contributed by atoms with Crippen LogP contribution in [0.25, 0.3) is 0 Å². The third-order valence-electron chi connectivity index (χ3n) is 0.976. The van der Waals surface area contributed by atoms with E-state index in [1.807, 2.05) is 0 Å². The van der Waals surface area contributed by atoms with Crippen LogP contribution in [-0.2, 0) is 11.1 Å². The van der Waals surface area contributed by atoms with Crippen LogP contribution in [0.15, 0.2) is 12.5 Å². The zero-order chi connectivity index (χ0) is 7.56. The van der Waals surface area contributed by atoms with Crippen molar-refractivity contribution in [1.82, 2.24) is 9.97 Å². The Balaban J connectivity index is 2.77. The minimum atomic E-state index is -2.26. The van der Waals surface area contributed by atoms with E-state index in [-0.39, 0.29) is 5.69 Å². The topological polar surface area (TPSA) is 86.2 Å². The molecule has 1 heterocycles. The largest absolute Gasteiger partial charge is 0.372 e. The van der Waals surface area contributed by atoms with Crippen LogP contribution in [0, 0.1) is 0 Å². The van der Waals surface area contributed by atoms with Crippen LogP contribution in [0.3, 0.4) is 0 Å². The fraction of sp³-hybridized carbons (Fsp3) is 0.250. The van der Waals surface area contributed by atoms with E-state index >= 15 is 0 Å². The zero-order valence-corrected chi connectivity index (χ0v) is 5.71. The number of nitrogens with one attached hydrogen (secondary N) is 1. The summed E-state index contributed by atoms with van der Waals surface area (Å²) in [6.07, 6.45) is 2.62. The molecule has 2 atom stereocenters. The second-order valence-electron chi connectivity index (χ2n) is 1.64. The second kappa shape index (κ2) is 2.91. The lowest BCUT2D eigenvalue weighted by Crippen LogP contribution is -2.03. The molecule has 56 valence electrons. The van der Waals surface area contributed by atoms with Gasteiger partial charge in [-0.1, -0.05) is 0 Å². The van der Waals surface area contributed by atoms with Gasteiger partial charge in [-0.25, -0.2) is 9.19 Å². The van der Waals surface area contributed by atoms with Crippen LogP contribution in [0.1, 0.15) is 11.1 Å². The minimum absolute atomic E-state index is 0.237. The Labute approximate surface area is 59.4 Å². The van der Waals surface area contributed by atoms with E-state index in [1.54, 1.807) is 0 Å². The monoisotopic (exact) mass is 162 g/mol. The fourth-order valence-corrected chi connectivity index (χ4v) is 0.856. The number of aliphatic hydroxyl groups is 1. The van der Waals surface area contributed by atoms with Crippen LogP contribution >= 0.6 is 0 Å². The number of aromatic nitrogens is 2. The Morgan fingerprint density at radius 1 is 1.80 bits per heavy atom. The number of imidazole rings is 1. The van der Waals surface area contributed by atoms with E-state index in [0.29, 0.717) is 0 Å². The molecule has 0 amide bonds.